The molecule has 33 heavy (non-hydrogen) atoms. The van der Waals surface area contributed by atoms with Crippen molar-refractivity contribution in [3.8, 4) is 28.6 Å². The molecule has 0 atom stereocenters. The van der Waals surface area contributed by atoms with Crippen molar-refractivity contribution in [2.24, 2.45) is 0 Å². The van der Waals surface area contributed by atoms with Gasteiger partial charge in [0.05, 0.1) is 35.2 Å². The average molecular weight is 452 g/mol. The number of carbonyl (C=O) groups excluding carboxylic acids is 1. The molecular weight excluding hydrogens is 437 g/mol. The number of carbonyl (C=O) groups is 1. The molecule has 0 bridgehead atoms. The second kappa shape index (κ2) is 8.27. The monoisotopic (exact) mass is 452 g/mol. The highest BCUT2D eigenvalue weighted by atomic mass is 19.4. The summed E-state index contributed by atoms with van der Waals surface area (Å²) in [5.41, 5.74) is -1.86. The molecule has 0 spiro atoms. The normalized spacial score (nSPS) is 11.4. The number of fused-ring (bicyclic) bond motifs is 1. The van der Waals surface area contributed by atoms with Crippen molar-refractivity contribution in [3.63, 3.8) is 0 Å². The summed E-state index contributed by atoms with van der Waals surface area (Å²) in [7, 11) is 0. The molecule has 0 unspecified atom stereocenters. The lowest BCUT2D eigenvalue weighted by molar-refractivity contribution is -0.137. The van der Waals surface area contributed by atoms with E-state index in [4.69, 9.17) is 10.00 Å². The van der Waals surface area contributed by atoms with Gasteiger partial charge in [0.25, 0.3) is 5.56 Å². The summed E-state index contributed by atoms with van der Waals surface area (Å²) in [6.45, 7) is 1.45. The number of nitrogens with one attached hydrogen (secondary N) is 1. The van der Waals surface area contributed by atoms with Gasteiger partial charge in [0.1, 0.15) is 5.56 Å². The van der Waals surface area contributed by atoms with Crippen LogP contribution in [0.3, 0.4) is 0 Å². The van der Waals surface area contributed by atoms with Gasteiger partial charge in [0, 0.05) is 17.3 Å². The molecule has 166 valence electrons. The van der Waals surface area contributed by atoms with E-state index in [1.54, 1.807) is 24.3 Å². The van der Waals surface area contributed by atoms with Gasteiger partial charge in [-0.15, -0.1) is 0 Å². The van der Waals surface area contributed by atoms with Gasteiger partial charge >= 0.3 is 12.1 Å². The molecule has 0 radical (unpaired) electrons. The Balaban J connectivity index is 2.00. The van der Waals surface area contributed by atoms with Gasteiger partial charge in [-0.2, -0.15) is 18.4 Å². The first kappa shape index (κ1) is 21.8. The molecule has 0 saturated heterocycles. The lowest BCUT2D eigenvalue weighted by atomic mass is 10.0. The molecule has 7 nitrogen and oxygen atoms in total. The summed E-state index contributed by atoms with van der Waals surface area (Å²) in [5.74, 6) is -1.11. The van der Waals surface area contributed by atoms with Crippen molar-refractivity contribution in [3.05, 3.63) is 81.8 Å². The highest BCUT2D eigenvalue weighted by Crippen LogP contribution is 2.37. The van der Waals surface area contributed by atoms with Crippen molar-refractivity contribution in [2.45, 2.75) is 13.1 Å². The Hall–Kier alpha value is -4.39. The van der Waals surface area contributed by atoms with Crippen LogP contribution in [0.2, 0.25) is 0 Å². The molecule has 2 heterocycles. The van der Waals surface area contributed by atoms with Gasteiger partial charge in [0.15, 0.2) is 0 Å². The Labute approximate surface area is 184 Å². The standard InChI is InChI=1S/C23H15F3N4O3/c1-2-33-21(32)18-19(15-5-3-4-6-16(15)23(24,25)26)29-22-28-17(12-30(22)20(18)31)14-9-7-13(11-27)8-10-14/h3-10,12H,2H2,1H3,(H,28,29). The molecule has 10 heteroatoms. The van der Waals surface area contributed by atoms with E-state index < -0.39 is 28.8 Å². The number of nitriles is 1. The Morgan fingerprint density at radius 3 is 2.52 bits per heavy atom. The second-order valence-electron chi connectivity index (χ2n) is 6.95. The van der Waals surface area contributed by atoms with Gasteiger partial charge in [-0.25, -0.2) is 9.78 Å². The third-order valence-electron chi connectivity index (χ3n) is 4.92. The number of imidazole rings is 1. The van der Waals surface area contributed by atoms with Crippen LogP contribution in [0.15, 0.2) is 59.5 Å². The predicted octanol–water partition coefficient (Wildman–Crippen LogP) is 4.42. The fourth-order valence-corrected chi connectivity index (χ4v) is 3.42. The second-order valence-corrected chi connectivity index (χ2v) is 6.95. The molecule has 0 fully saturated rings. The molecule has 0 amide bonds. The van der Waals surface area contributed by atoms with Crippen LogP contribution >= 0.6 is 0 Å². The SMILES string of the molecule is CCOC(=O)c1c(-c2ccccc2C(F)(F)F)[nH]c2nc(-c3ccc(C#N)cc3)cn2c1=O. The fraction of sp³-hybridized carbons (Fsp3) is 0.130. The molecule has 1 N–H and O–H groups in total. The smallest absolute Gasteiger partial charge is 0.417 e. The number of ether oxygens (including phenoxy) is 1. The third kappa shape index (κ3) is 3.96. The van der Waals surface area contributed by atoms with Crippen LogP contribution in [-0.2, 0) is 10.9 Å². The molecule has 2 aromatic heterocycles. The van der Waals surface area contributed by atoms with Crippen LogP contribution in [0.25, 0.3) is 28.3 Å². The lowest BCUT2D eigenvalue weighted by Gasteiger charge is -2.15. The van der Waals surface area contributed by atoms with E-state index >= 15 is 0 Å². The number of esters is 1. The summed E-state index contributed by atoms with van der Waals surface area (Å²) in [5, 5.41) is 8.95. The largest absolute Gasteiger partial charge is 0.462 e. The van der Waals surface area contributed by atoms with E-state index in [1.165, 1.54) is 25.3 Å². The summed E-state index contributed by atoms with van der Waals surface area (Å²) in [6.07, 6.45) is -3.37. The third-order valence-corrected chi connectivity index (χ3v) is 4.92. The maximum Gasteiger partial charge on any atom is 0.417 e. The highest BCUT2D eigenvalue weighted by Gasteiger charge is 2.35. The molecular formula is C23H15F3N4O3. The van der Waals surface area contributed by atoms with E-state index in [0.717, 1.165) is 16.5 Å². The van der Waals surface area contributed by atoms with Gasteiger partial charge in [0.2, 0.25) is 5.78 Å². The van der Waals surface area contributed by atoms with E-state index in [-0.39, 0.29) is 23.6 Å². The Kier molecular flexibility index (Phi) is 5.47. The van der Waals surface area contributed by atoms with E-state index in [2.05, 4.69) is 9.97 Å². The van der Waals surface area contributed by atoms with Crippen LogP contribution in [0.1, 0.15) is 28.4 Å². The first-order valence-electron chi connectivity index (χ1n) is 9.74. The Morgan fingerprint density at radius 2 is 1.88 bits per heavy atom. The fourth-order valence-electron chi connectivity index (χ4n) is 3.42. The summed E-state index contributed by atoms with van der Waals surface area (Å²) in [4.78, 5) is 32.9. The summed E-state index contributed by atoms with van der Waals surface area (Å²) < 4.78 is 47.0. The molecule has 4 rings (SSSR count). The number of halogens is 3. The Bertz CT molecular complexity index is 1460. The summed E-state index contributed by atoms with van der Waals surface area (Å²) >= 11 is 0. The van der Waals surface area contributed by atoms with Gasteiger partial charge in [-0.05, 0) is 25.1 Å². The van der Waals surface area contributed by atoms with Crippen molar-refractivity contribution in [1.29, 1.82) is 5.26 Å². The minimum atomic E-state index is -4.73. The van der Waals surface area contributed by atoms with Crippen molar-refractivity contribution in [1.82, 2.24) is 14.4 Å². The zero-order valence-electron chi connectivity index (χ0n) is 17.1. The minimum Gasteiger partial charge on any atom is -0.462 e. The van der Waals surface area contributed by atoms with Gasteiger partial charge in [-0.3, -0.25) is 9.20 Å². The molecule has 2 aromatic carbocycles. The van der Waals surface area contributed by atoms with Gasteiger partial charge < -0.3 is 9.72 Å². The number of rotatable bonds is 4. The number of nitrogens with zero attached hydrogens (tertiary/aromatic N) is 3. The molecule has 0 aliphatic carbocycles. The number of aromatic nitrogens is 3. The van der Waals surface area contributed by atoms with E-state index in [9.17, 15) is 22.8 Å². The van der Waals surface area contributed by atoms with Crippen LogP contribution < -0.4 is 5.56 Å². The van der Waals surface area contributed by atoms with E-state index in [0.29, 0.717) is 16.8 Å². The van der Waals surface area contributed by atoms with Crippen molar-refractivity contribution >= 4 is 11.7 Å². The topological polar surface area (TPSA) is 100 Å². The van der Waals surface area contributed by atoms with Crippen LogP contribution in [0, 0.1) is 11.3 Å². The van der Waals surface area contributed by atoms with E-state index in [1.807, 2.05) is 6.07 Å². The van der Waals surface area contributed by atoms with Gasteiger partial charge in [-0.1, -0.05) is 30.3 Å². The number of hydrogen-bond donors (Lipinski definition) is 1. The quantitative estimate of drug-likeness (QED) is 0.462. The zero-order chi connectivity index (χ0) is 23.8. The maximum atomic E-state index is 13.7. The van der Waals surface area contributed by atoms with Crippen molar-refractivity contribution < 1.29 is 22.7 Å². The Morgan fingerprint density at radius 1 is 1.18 bits per heavy atom. The predicted molar refractivity (Wildman–Crippen MR) is 112 cm³/mol. The van der Waals surface area contributed by atoms with Crippen LogP contribution in [0.5, 0.6) is 0 Å². The summed E-state index contributed by atoms with van der Waals surface area (Å²) in [6, 6.07) is 13.0. The first-order chi connectivity index (χ1) is 15.7. The van der Waals surface area contributed by atoms with Crippen LogP contribution in [-0.4, -0.2) is 26.9 Å². The highest BCUT2D eigenvalue weighted by molar-refractivity contribution is 5.96. The average Bonchev–Trinajstić information content (AvgIpc) is 3.23. The first-order valence-corrected chi connectivity index (χ1v) is 9.74. The maximum absolute atomic E-state index is 13.7. The molecule has 4 aromatic rings. The van der Waals surface area contributed by atoms with Crippen molar-refractivity contribution in [2.75, 3.05) is 6.61 Å². The lowest BCUT2D eigenvalue weighted by Crippen LogP contribution is -2.26. The number of alkyl halides is 3. The zero-order valence-corrected chi connectivity index (χ0v) is 17.1. The number of aromatic amines is 1. The number of benzene rings is 2. The molecule has 0 aliphatic heterocycles. The number of hydrogen-bond acceptors (Lipinski definition) is 5. The minimum absolute atomic E-state index is 0.0561. The van der Waals surface area contributed by atoms with Crippen LogP contribution in [0.4, 0.5) is 13.2 Å². The molecule has 0 aliphatic rings. The molecule has 0 saturated carbocycles. The number of H-pyrrole nitrogens is 1.